The highest BCUT2D eigenvalue weighted by atomic mass is 16.5. The first-order valence-electron chi connectivity index (χ1n) is 9.46. The Hall–Kier alpha value is -2.66. The standard InChI is InChI=1S/C22H27N3O2/c1-17(2)19-8-5-18(6-9-19)7-10-21(26)24-16-20-4-3-11-23-22(20)25-12-14-27-15-13-25/h3-11,17H,12-16H2,1-2H3,(H,24,26)/b10-7+. The largest absolute Gasteiger partial charge is 0.378 e. The molecule has 5 heteroatoms. The lowest BCUT2D eigenvalue weighted by Gasteiger charge is -2.29. The van der Waals surface area contributed by atoms with Crippen LogP contribution in [0.2, 0.25) is 0 Å². The highest BCUT2D eigenvalue weighted by Crippen LogP contribution is 2.18. The second-order valence-electron chi connectivity index (χ2n) is 6.96. The Morgan fingerprint density at radius 1 is 1.22 bits per heavy atom. The predicted molar refractivity (Wildman–Crippen MR) is 109 cm³/mol. The van der Waals surface area contributed by atoms with Crippen LogP contribution in [-0.2, 0) is 16.1 Å². The van der Waals surface area contributed by atoms with Crippen molar-refractivity contribution in [3.05, 3.63) is 65.4 Å². The van der Waals surface area contributed by atoms with E-state index in [1.54, 1.807) is 12.3 Å². The van der Waals surface area contributed by atoms with E-state index >= 15 is 0 Å². The molecular weight excluding hydrogens is 338 g/mol. The van der Waals surface area contributed by atoms with Gasteiger partial charge in [-0.15, -0.1) is 0 Å². The summed E-state index contributed by atoms with van der Waals surface area (Å²) in [7, 11) is 0. The summed E-state index contributed by atoms with van der Waals surface area (Å²) in [4.78, 5) is 18.9. The van der Waals surface area contributed by atoms with E-state index in [1.807, 2.05) is 30.3 Å². The molecule has 0 saturated carbocycles. The zero-order valence-corrected chi connectivity index (χ0v) is 16.0. The minimum atomic E-state index is -0.111. The van der Waals surface area contributed by atoms with E-state index in [1.165, 1.54) is 5.56 Å². The van der Waals surface area contributed by atoms with E-state index in [4.69, 9.17) is 4.74 Å². The topological polar surface area (TPSA) is 54.5 Å². The number of amides is 1. The third-order valence-electron chi connectivity index (χ3n) is 4.66. The van der Waals surface area contributed by atoms with E-state index in [0.29, 0.717) is 25.7 Å². The molecule has 27 heavy (non-hydrogen) atoms. The fraction of sp³-hybridized carbons (Fsp3) is 0.364. The minimum absolute atomic E-state index is 0.111. The monoisotopic (exact) mass is 365 g/mol. The number of rotatable bonds is 6. The van der Waals surface area contributed by atoms with Gasteiger partial charge in [-0.2, -0.15) is 0 Å². The Bertz CT molecular complexity index is 778. The molecule has 1 aliphatic heterocycles. The second-order valence-corrected chi connectivity index (χ2v) is 6.96. The maximum absolute atomic E-state index is 12.2. The minimum Gasteiger partial charge on any atom is -0.378 e. The van der Waals surface area contributed by atoms with Gasteiger partial charge in [0.25, 0.3) is 0 Å². The molecule has 142 valence electrons. The first-order chi connectivity index (χ1) is 13.1. The summed E-state index contributed by atoms with van der Waals surface area (Å²) in [6.07, 6.45) is 5.21. The van der Waals surface area contributed by atoms with Gasteiger partial charge in [-0.05, 0) is 29.2 Å². The maximum atomic E-state index is 12.2. The lowest BCUT2D eigenvalue weighted by molar-refractivity contribution is -0.116. The lowest BCUT2D eigenvalue weighted by atomic mass is 10.0. The first kappa shape index (κ1) is 19.1. The van der Waals surface area contributed by atoms with Gasteiger partial charge < -0.3 is 15.0 Å². The van der Waals surface area contributed by atoms with Crippen LogP contribution >= 0.6 is 0 Å². The number of morpholine rings is 1. The van der Waals surface area contributed by atoms with Gasteiger partial charge in [0.1, 0.15) is 5.82 Å². The van der Waals surface area contributed by atoms with Gasteiger partial charge in [0.05, 0.1) is 13.2 Å². The number of anilines is 1. The van der Waals surface area contributed by atoms with Crippen molar-refractivity contribution in [2.75, 3.05) is 31.2 Å². The quantitative estimate of drug-likeness (QED) is 0.798. The van der Waals surface area contributed by atoms with Crippen molar-refractivity contribution in [1.29, 1.82) is 0 Å². The molecular formula is C22H27N3O2. The molecule has 2 aromatic rings. The van der Waals surface area contributed by atoms with Crippen molar-refractivity contribution in [2.45, 2.75) is 26.3 Å². The van der Waals surface area contributed by atoms with Crippen LogP contribution in [0.4, 0.5) is 5.82 Å². The van der Waals surface area contributed by atoms with Crippen molar-refractivity contribution in [2.24, 2.45) is 0 Å². The summed E-state index contributed by atoms with van der Waals surface area (Å²) >= 11 is 0. The number of nitrogens with zero attached hydrogens (tertiary/aromatic N) is 2. The molecule has 1 aromatic carbocycles. The fourth-order valence-corrected chi connectivity index (χ4v) is 3.03. The van der Waals surface area contributed by atoms with E-state index in [9.17, 15) is 4.79 Å². The number of pyridine rings is 1. The average molecular weight is 365 g/mol. The van der Waals surface area contributed by atoms with E-state index in [2.05, 4.69) is 41.2 Å². The molecule has 1 aliphatic rings. The SMILES string of the molecule is CC(C)c1ccc(/C=C/C(=O)NCc2cccnc2N2CCOCC2)cc1. The number of carbonyl (C=O) groups is 1. The highest BCUT2D eigenvalue weighted by molar-refractivity contribution is 5.91. The summed E-state index contributed by atoms with van der Waals surface area (Å²) in [5, 5.41) is 2.95. The van der Waals surface area contributed by atoms with Crippen LogP contribution in [-0.4, -0.2) is 37.2 Å². The summed E-state index contributed by atoms with van der Waals surface area (Å²) < 4.78 is 5.41. The Morgan fingerprint density at radius 3 is 2.67 bits per heavy atom. The van der Waals surface area contributed by atoms with Gasteiger partial charge >= 0.3 is 0 Å². The summed E-state index contributed by atoms with van der Waals surface area (Å²) in [5.41, 5.74) is 3.33. The summed E-state index contributed by atoms with van der Waals surface area (Å²) in [6.45, 7) is 7.86. The van der Waals surface area contributed by atoms with Crippen molar-refractivity contribution in [3.8, 4) is 0 Å². The predicted octanol–water partition coefficient (Wildman–Crippen LogP) is 3.37. The van der Waals surface area contributed by atoms with Crippen LogP contribution < -0.4 is 10.2 Å². The number of aromatic nitrogens is 1. The van der Waals surface area contributed by atoms with Crippen LogP contribution in [0.3, 0.4) is 0 Å². The molecule has 1 saturated heterocycles. The highest BCUT2D eigenvalue weighted by Gasteiger charge is 2.15. The molecule has 1 aromatic heterocycles. The number of nitrogens with one attached hydrogen (secondary N) is 1. The zero-order valence-electron chi connectivity index (χ0n) is 16.0. The van der Waals surface area contributed by atoms with Crippen molar-refractivity contribution < 1.29 is 9.53 Å². The Morgan fingerprint density at radius 2 is 1.96 bits per heavy atom. The third-order valence-corrected chi connectivity index (χ3v) is 4.66. The molecule has 0 radical (unpaired) electrons. The van der Waals surface area contributed by atoms with Crippen LogP contribution in [0.1, 0.15) is 36.5 Å². The molecule has 0 unspecified atom stereocenters. The van der Waals surface area contributed by atoms with Gasteiger partial charge in [0.2, 0.25) is 5.91 Å². The Balaban J connectivity index is 1.57. The number of hydrogen-bond donors (Lipinski definition) is 1. The molecule has 5 nitrogen and oxygen atoms in total. The second kappa shape index (κ2) is 9.33. The van der Waals surface area contributed by atoms with Crippen LogP contribution in [0.15, 0.2) is 48.7 Å². The van der Waals surface area contributed by atoms with E-state index in [-0.39, 0.29) is 5.91 Å². The molecule has 1 amide bonds. The molecule has 3 rings (SSSR count). The lowest BCUT2D eigenvalue weighted by Crippen LogP contribution is -2.37. The van der Waals surface area contributed by atoms with Crippen LogP contribution in [0.5, 0.6) is 0 Å². The molecule has 0 aliphatic carbocycles. The van der Waals surface area contributed by atoms with E-state index < -0.39 is 0 Å². The molecule has 1 N–H and O–H groups in total. The summed E-state index contributed by atoms with van der Waals surface area (Å²) in [5.74, 6) is 1.32. The van der Waals surface area contributed by atoms with Crippen LogP contribution in [0.25, 0.3) is 6.08 Å². The number of ether oxygens (including phenoxy) is 1. The Labute approximate surface area is 161 Å². The first-order valence-corrected chi connectivity index (χ1v) is 9.46. The maximum Gasteiger partial charge on any atom is 0.244 e. The van der Waals surface area contributed by atoms with Gasteiger partial charge in [-0.3, -0.25) is 4.79 Å². The Kier molecular flexibility index (Phi) is 6.60. The molecule has 1 fully saturated rings. The molecule has 0 atom stereocenters. The zero-order chi connectivity index (χ0) is 19.1. The third kappa shape index (κ3) is 5.41. The smallest absolute Gasteiger partial charge is 0.244 e. The van der Waals surface area contributed by atoms with Crippen molar-refractivity contribution >= 4 is 17.8 Å². The molecule has 0 bridgehead atoms. The average Bonchev–Trinajstić information content (AvgIpc) is 2.72. The molecule has 0 spiro atoms. The normalized spacial score (nSPS) is 14.7. The number of carbonyl (C=O) groups excluding carboxylic acids is 1. The van der Waals surface area contributed by atoms with Gasteiger partial charge in [-0.25, -0.2) is 4.98 Å². The summed E-state index contributed by atoms with van der Waals surface area (Å²) in [6, 6.07) is 12.2. The number of hydrogen-bond acceptors (Lipinski definition) is 4. The van der Waals surface area contributed by atoms with Gasteiger partial charge in [0, 0.05) is 37.5 Å². The number of benzene rings is 1. The fourth-order valence-electron chi connectivity index (χ4n) is 3.03. The van der Waals surface area contributed by atoms with E-state index in [0.717, 1.165) is 30.0 Å². The van der Waals surface area contributed by atoms with Gasteiger partial charge in [0.15, 0.2) is 0 Å². The molecule has 2 heterocycles. The van der Waals surface area contributed by atoms with Crippen molar-refractivity contribution in [3.63, 3.8) is 0 Å². The van der Waals surface area contributed by atoms with Crippen LogP contribution in [0, 0.1) is 0 Å². The van der Waals surface area contributed by atoms with Gasteiger partial charge in [-0.1, -0.05) is 44.2 Å². The van der Waals surface area contributed by atoms with Crippen molar-refractivity contribution in [1.82, 2.24) is 10.3 Å².